The van der Waals surface area contributed by atoms with Crippen LogP contribution in [0.4, 0.5) is 4.79 Å². The summed E-state index contributed by atoms with van der Waals surface area (Å²) in [6, 6.07) is 0.827. The van der Waals surface area contributed by atoms with Crippen molar-refractivity contribution in [1.82, 2.24) is 15.5 Å². The third-order valence-electron chi connectivity index (χ3n) is 4.37. The Balaban J connectivity index is 1.54. The van der Waals surface area contributed by atoms with Crippen LogP contribution in [0.15, 0.2) is 0 Å². The van der Waals surface area contributed by atoms with Crippen molar-refractivity contribution < 1.29 is 9.53 Å². The molecule has 0 spiro atoms. The predicted octanol–water partition coefficient (Wildman–Crippen LogP) is 1.97. The molecule has 2 fully saturated rings. The maximum atomic E-state index is 11.6. The van der Waals surface area contributed by atoms with Gasteiger partial charge in [0.15, 0.2) is 0 Å². The van der Waals surface area contributed by atoms with E-state index in [1.807, 2.05) is 20.8 Å². The number of likely N-dealkylation sites (tertiary alicyclic amines) is 1. The van der Waals surface area contributed by atoms with Gasteiger partial charge in [-0.05, 0) is 65.6 Å². The molecule has 1 saturated carbocycles. The molecule has 1 amide bonds. The van der Waals surface area contributed by atoms with Gasteiger partial charge >= 0.3 is 6.09 Å². The Bertz CT molecular complexity index is 348. The van der Waals surface area contributed by atoms with E-state index < -0.39 is 5.60 Å². The molecule has 5 heteroatoms. The molecular weight excluding hydrogens is 266 g/mol. The molecule has 1 unspecified atom stereocenters. The first kappa shape index (κ1) is 16.6. The third kappa shape index (κ3) is 5.47. The summed E-state index contributed by atoms with van der Waals surface area (Å²) in [7, 11) is 0. The minimum absolute atomic E-state index is 0.271. The molecule has 2 rings (SSSR count). The second-order valence-electron chi connectivity index (χ2n) is 7.47. The monoisotopic (exact) mass is 297 g/mol. The van der Waals surface area contributed by atoms with Crippen molar-refractivity contribution in [2.75, 3.05) is 26.2 Å². The Labute approximate surface area is 128 Å². The zero-order valence-electron chi connectivity index (χ0n) is 13.9. The standard InChI is InChI=1S/C16H31N3O2/c1-5-19-7-6-12(11-19)10-17-13-8-14(9-13)18-15(20)21-16(2,3)4/h12-14,17H,5-11H2,1-4H3,(H,18,20). The van der Waals surface area contributed by atoms with Crippen molar-refractivity contribution in [3.8, 4) is 0 Å². The fraction of sp³-hybridized carbons (Fsp3) is 0.938. The number of rotatable bonds is 5. The first-order chi connectivity index (χ1) is 9.85. The van der Waals surface area contributed by atoms with E-state index in [2.05, 4.69) is 22.5 Å². The molecule has 0 aromatic carbocycles. The molecule has 0 aromatic heterocycles. The molecule has 1 aliphatic heterocycles. The van der Waals surface area contributed by atoms with Crippen LogP contribution >= 0.6 is 0 Å². The lowest BCUT2D eigenvalue weighted by Gasteiger charge is -2.37. The van der Waals surface area contributed by atoms with Crippen LogP contribution in [-0.2, 0) is 4.74 Å². The molecule has 5 nitrogen and oxygen atoms in total. The number of amides is 1. The first-order valence-corrected chi connectivity index (χ1v) is 8.31. The maximum absolute atomic E-state index is 11.6. The summed E-state index contributed by atoms with van der Waals surface area (Å²) in [6.45, 7) is 12.7. The molecule has 0 bridgehead atoms. The van der Waals surface area contributed by atoms with Crippen molar-refractivity contribution >= 4 is 6.09 Å². The lowest BCUT2D eigenvalue weighted by Crippen LogP contribution is -2.53. The molecule has 1 heterocycles. The van der Waals surface area contributed by atoms with E-state index in [-0.39, 0.29) is 12.1 Å². The first-order valence-electron chi connectivity index (χ1n) is 8.31. The summed E-state index contributed by atoms with van der Waals surface area (Å²) in [4.78, 5) is 14.2. The van der Waals surface area contributed by atoms with E-state index in [0.29, 0.717) is 6.04 Å². The van der Waals surface area contributed by atoms with Crippen LogP contribution < -0.4 is 10.6 Å². The number of alkyl carbamates (subject to hydrolysis) is 1. The van der Waals surface area contributed by atoms with Gasteiger partial charge in [-0.2, -0.15) is 0 Å². The van der Waals surface area contributed by atoms with Crippen LogP contribution in [0.5, 0.6) is 0 Å². The lowest BCUT2D eigenvalue weighted by molar-refractivity contribution is 0.0464. The summed E-state index contributed by atoms with van der Waals surface area (Å²) in [5.74, 6) is 0.794. The molecule has 0 radical (unpaired) electrons. The molecule has 1 atom stereocenters. The van der Waals surface area contributed by atoms with E-state index in [9.17, 15) is 4.79 Å². The van der Waals surface area contributed by atoms with E-state index in [1.54, 1.807) is 0 Å². The van der Waals surface area contributed by atoms with Gasteiger partial charge in [-0.25, -0.2) is 4.79 Å². The Hall–Kier alpha value is -0.810. The van der Waals surface area contributed by atoms with Crippen molar-refractivity contribution in [3.05, 3.63) is 0 Å². The minimum Gasteiger partial charge on any atom is -0.444 e. The molecule has 122 valence electrons. The van der Waals surface area contributed by atoms with Gasteiger partial charge in [0, 0.05) is 18.6 Å². The van der Waals surface area contributed by atoms with Gasteiger partial charge in [0.2, 0.25) is 0 Å². The smallest absolute Gasteiger partial charge is 0.407 e. The molecule has 21 heavy (non-hydrogen) atoms. The van der Waals surface area contributed by atoms with Crippen molar-refractivity contribution in [2.24, 2.45) is 5.92 Å². The van der Waals surface area contributed by atoms with Gasteiger partial charge in [0.25, 0.3) is 0 Å². The van der Waals surface area contributed by atoms with Crippen molar-refractivity contribution in [2.45, 2.75) is 64.6 Å². The molecule has 1 saturated heterocycles. The molecule has 1 aliphatic carbocycles. The Morgan fingerprint density at radius 2 is 2.00 bits per heavy atom. The van der Waals surface area contributed by atoms with Crippen molar-refractivity contribution in [1.29, 1.82) is 0 Å². The van der Waals surface area contributed by atoms with Gasteiger partial charge in [0.1, 0.15) is 5.60 Å². The van der Waals surface area contributed by atoms with Crippen LogP contribution in [0.25, 0.3) is 0 Å². The molecule has 0 aromatic rings. The van der Waals surface area contributed by atoms with Gasteiger partial charge in [-0.15, -0.1) is 0 Å². The van der Waals surface area contributed by atoms with Crippen molar-refractivity contribution in [3.63, 3.8) is 0 Å². The average molecular weight is 297 g/mol. The predicted molar refractivity (Wildman–Crippen MR) is 84.4 cm³/mol. The van der Waals surface area contributed by atoms with Gasteiger partial charge in [-0.3, -0.25) is 0 Å². The quantitative estimate of drug-likeness (QED) is 0.815. The highest BCUT2D eigenvalue weighted by atomic mass is 16.6. The number of nitrogens with zero attached hydrogens (tertiary/aromatic N) is 1. The second-order valence-corrected chi connectivity index (χ2v) is 7.47. The summed E-state index contributed by atoms with van der Waals surface area (Å²) in [5, 5.41) is 6.58. The van der Waals surface area contributed by atoms with Gasteiger partial charge in [-0.1, -0.05) is 6.92 Å². The Morgan fingerprint density at radius 3 is 2.57 bits per heavy atom. The summed E-state index contributed by atoms with van der Waals surface area (Å²) < 4.78 is 5.27. The fourth-order valence-corrected chi connectivity index (χ4v) is 3.08. The largest absolute Gasteiger partial charge is 0.444 e. The average Bonchev–Trinajstić information content (AvgIpc) is 2.77. The van der Waals surface area contributed by atoms with Crippen LogP contribution in [-0.4, -0.2) is 54.9 Å². The Morgan fingerprint density at radius 1 is 1.29 bits per heavy atom. The second kappa shape index (κ2) is 6.97. The van der Waals surface area contributed by atoms with Crippen LogP contribution in [0.1, 0.15) is 47.0 Å². The lowest BCUT2D eigenvalue weighted by atomic mass is 9.86. The number of ether oxygens (including phenoxy) is 1. The third-order valence-corrected chi connectivity index (χ3v) is 4.37. The highest BCUT2D eigenvalue weighted by Gasteiger charge is 2.32. The zero-order chi connectivity index (χ0) is 15.5. The van der Waals surface area contributed by atoms with Gasteiger partial charge in [0.05, 0.1) is 0 Å². The molecule has 2 aliphatic rings. The van der Waals surface area contributed by atoms with Crippen LogP contribution in [0, 0.1) is 5.92 Å². The SMILES string of the molecule is CCN1CCC(CNC2CC(NC(=O)OC(C)(C)C)C2)C1. The minimum atomic E-state index is -0.418. The highest BCUT2D eigenvalue weighted by Crippen LogP contribution is 2.22. The van der Waals surface area contributed by atoms with E-state index in [0.717, 1.165) is 25.3 Å². The normalized spacial score (nSPS) is 30.0. The highest BCUT2D eigenvalue weighted by molar-refractivity contribution is 5.68. The topological polar surface area (TPSA) is 53.6 Å². The number of carbonyl (C=O) groups is 1. The van der Waals surface area contributed by atoms with E-state index in [4.69, 9.17) is 4.74 Å². The molecule has 2 N–H and O–H groups in total. The van der Waals surface area contributed by atoms with E-state index in [1.165, 1.54) is 26.1 Å². The summed E-state index contributed by atoms with van der Waals surface area (Å²) in [5.41, 5.74) is -0.418. The van der Waals surface area contributed by atoms with Gasteiger partial charge < -0.3 is 20.3 Å². The van der Waals surface area contributed by atoms with Crippen LogP contribution in [0.3, 0.4) is 0 Å². The summed E-state index contributed by atoms with van der Waals surface area (Å²) in [6.07, 6.45) is 3.06. The number of nitrogens with one attached hydrogen (secondary N) is 2. The van der Waals surface area contributed by atoms with Crippen LogP contribution in [0.2, 0.25) is 0 Å². The summed E-state index contributed by atoms with van der Waals surface area (Å²) >= 11 is 0. The number of carbonyl (C=O) groups excluding carboxylic acids is 1. The molecular formula is C16H31N3O2. The maximum Gasteiger partial charge on any atom is 0.407 e. The number of hydrogen-bond donors (Lipinski definition) is 2. The fourth-order valence-electron chi connectivity index (χ4n) is 3.08. The Kier molecular flexibility index (Phi) is 5.49. The zero-order valence-corrected chi connectivity index (χ0v) is 13.9. The number of hydrogen-bond acceptors (Lipinski definition) is 4. The van der Waals surface area contributed by atoms with E-state index >= 15 is 0 Å².